The van der Waals surface area contributed by atoms with E-state index in [1.165, 1.54) is 30.4 Å². The van der Waals surface area contributed by atoms with Crippen molar-refractivity contribution in [3.8, 4) is 0 Å². The molecule has 24 heavy (non-hydrogen) atoms. The smallest absolute Gasteiger partial charge is 0.336 e. The summed E-state index contributed by atoms with van der Waals surface area (Å²) in [6.07, 6.45) is 5.94. The number of likely N-dealkylation sites (tertiary alicyclic amines) is 1. The Kier molecular flexibility index (Phi) is 4.19. The van der Waals surface area contributed by atoms with Gasteiger partial charge in [0, 0.05) is 30.6 Å². The molecule has 2 aliphatic rings. The molecule has 1 aliphatic carbocycles. The van der Waals surface area contributed by atoms with E-state index in [0.29, 0.717) is 6.04 Å². The molecule has 1 aliphatic heterocycles. The van der Waals surface area contributed by atoms with Gasteiger partial charge in [-0.15, -0.1) is 0 Å². The van der Waals surface area contributed by atoms with Crippen molar-refractivity contribution in [3.63, 3.8) is 0 Å². The van der Waals surface area contributed by atoms with Gasteiger partial charge in [-0.1, -0.05) is 0 Å². The predicted molar refractivity (Wildman–Crippen MR) is 96.5 cm³/mol. The molecule has 0 spiro atoms. The van der Waals surface area contributed by atoms with E-state index in [4.69, 9.17) is 4.42 Å². The second-order valence-electron chi connectivity index (χ2n) is 7.56. The first kappa shape index (κ1) is 15.9. The molecule has 4 rings (SSSR count). The van der Waals surface area contributed by atoms with Crippen LogP contribution in [-0.2, 0) is 19.4 Å². The van der Waals surface area contributed by atoms with E-state index < -0.39 is 0 Å². The van der Waals surface area contributed by atoms with Gasteiger partial charge in [-0.05, 0) is 81.6 Å². The fourth-order valence-electron chi connectivity index (χ4n) is 4.26. The average Bonchev–Trinajstić information content (AvgIpc) is 3.00. The first-order valence-electron chi connectivity index (χ1n) is 9.07. The van der Waals surface area contributed by atoms with Crippen LogP contribution in [-0.4, -0.2) is 43.0 Å². The minimum absolute atomic E-state index is 0.225. The lowest BCUT2D eigenvalue weighted by atomic mass is 10.0. The summed E-state index contributed by atoms with van der Waals surface area (Å²) in [4.78, 5) is 16.8. The van der Waals surface area contributed by atoms with E-state index in [2.05, 4.69) is 36.0 Å². The molecular formula is C20H26N2O2. The van der Waals surface area contributed by atoms with Gasteiger partial charge in [-0.25, -0.2) is 4.79 Å². The molecular weight excluding hydrogens is 300 g/mol. The summed E-state index contributed by atoms with van der Waals surface area (Å²) in [6.45, 7) is 3.02. The van der Waals surface area contributed by atoms with Gasteiger partial charge in [-0.2, -0.15) is 0 Å². The fourth-order valence-corrected chi connectivity index (χ4v) is 4.26. The highest BCUT2D eigenvalue weighted by molar-refractivity contribution is 5.82. The maximum atomic E-state index is 12.0. The number of aryl methyl sites for hydroxylation is 2. The second kappa shape index (κ2) is 6.34. The van der Waals surface area contributed by atoms with Gasteiger partial charge in [0.25, 0.3) is 0 Å². The quantitative estimate of drug-likeness (QED) is 0.813. The third kappa shape index (κ3) is 3.01. The van der Waals surface area contributed by atoms with Gasteiger partial charge < -0.3 is 9.32 Å². The van der Waals surface area contributed by atoms with Gasteiger partial charge in [0.05, 0.1) is 0 Å². The summed E-state index contributed by atoms with van der Waals surface area (Å²) < 4.78 is 5.49. The molecule has 4 nitrogen and oxygen atoms in total. The summed E-state index contributed by atoms with van der Waals surface area (Å²) in [5.41, 5.74) is 4.45. The number of likely N-dealkylation sites (N-methyl/N-ethyl adjacent to an activating group) is 1. The molecule has 0 radical (unpaired) electrons. The molecule has 1 fully saturated rings. The van der Waals surface area contributed by atoms with Crippen LogP contribution < -0.4 is 5.63 Å². The first-order chi connectivity index (χ1) is 11.6. The summed E-state index contributed by atoms with van der Waals surface area (Å²) >= 11 is 0. The van der Waals surface area contributed by atoms with Crippen LogP contribution in [0.2, 0.25) is 0 Å². The lowest BCUT2D eigenvalue weighted by Gasteiger charge is -2.36. The summed E-state index contributed by atoms with van der Waals surface area (Å²) in [7, 11) is 4.31. The van der Waals surface area contributed by atoms with Gasteiger partial charge >= 0.3 is 5.63 Å². The molecule has 0 saturated carbocycles. The molecule has 1 saturated heterocycles. The molecule has 1 aromatic heterocycles. The minimum atomic E-state index is -0.225. The number of hydrogen-bond acceptors (Lipinski definition) is 4. The van der Waals surface area contributed by atoms with Crippen LogP contribution in [0.1, 0.15) is 36.0 Å². The number of piperidine rings is 1. The number of benzene rings is 1. The average molecular weight is 326 g/mol. The highest BCUT2D eigenvalue weighted by Crippen LogP contribution is 2.29. The Bertz CT molecular complexity index is 809. The normalized spacial score (nSPS) is 21.5. The molecule has 128 valence electrons. The van der Waals surface area contributed by atoms with E-state index in [0.717, 1.165) is 49.0 Å². The van der Waals surface area contributed by atoms with Crippen LogP contribution in [0.3, 0.4) is 0 Å². The van der Waals surface area contributed by atoms with Gasteiger partial charge in [0.15, 0.2) is 0 Å². The molecule has 1 aromatic carbocycles. The molecule has 0 bridgehead atoms. The van der Waals surface area contributed by atoms with E-state index in [1.807, 2.05) is 0 Å². The second-order valence-corrected chi connectivity index (χ2v) is 7.56. The Morgan fingerprint density at radius 2 is 1.96 bits per heavy atom. The number of rotatable bonds is 3. The van der Waals surface area contributed by atoms with Crippen molar-refractivity contribution in [2.75, 3.05) is 27.2 Å². The Hall–Kier alpha value is -1.65. The maximum Gasteiger partial charge on any atom is 0.336 e. The summed E-state index contributed by atoms with van der Waals surface area (Å²) in [5, 5.41) is 1.13. The summed E-state index contributed by atoms with van der Waals surface area (Å²) in [5.74, 6) is 0. The third-order valence-electron chi connectivity index (χ3n) is 5.65. The molecule has 4 heteroatoms. The van der Waals surface area contributed by atoms with Crippen LogP contribution in [0.25, 0.3) is 11.0 Å². The highest BCUT2D eigenvalue weighted by atomic mass is 16.4. The van der Waals surface area contributed by atoms with Crippen LogP contribution in [0.4, 0.5) is 0 Å². The van der Waals surface area contributed by atoms with Crippen molar-refractivity contribution in [1.82, 2.24) is 9.80 Å². The lowest BCUT2D eigenvalue weighted by molar-refractivity contribution is 0.128. The van der Waals surface area contributed by atoms with Gasteiger partial charge in [-0.3, -0.25) is 4.90 Å². The lowest BCUT2D eigenvalue weighted by Crippen LogP contribution is -2.44. The minimum Gasteiger partial charge on any atom is -0.423 e. The molecule has 0 N–H and O–H groups in total. The van der Waals surface area contributed by atoms with Crippen molar-refractivity contribution in [1.29, 1.82) is 0 Å². The Morgan fingerprint density at radius 3 is 2.75 bits per heavy atom. The van der Waals surface area contributed by atoms with E-state index >= 15 is 0 Å². The van der Waals surface area contributed by atoms with Crippen LogP contribution in [0.15, 0.2) is 27.4 Å². The molecule has 1 unspecified atom stereocenters. The Balaban J connectivity index is 1.67. The number of fused-ring (bicyclic) bond motifs is 2. The van der Waals surface area contributed by atoms with Crippen LogP contribution >= 0.6 is 0 Å². The zero-order valence-corrected chi connectivity index (χ0v) is 14.7. The number of hydrogen-bond donors (Lipinski definition) is 0. The number of nitrogens with zero attached hydrogens (tertiary/aromatic N) is 2. The topological polar surface area (TPSA) is 36.7 Å². The van der Waals surface area contributed by atoms with Crippen molar-refractivity contribution in [2.45, 2.75) is 44.7 Å². The zero-order valence-electron chi connectivity index (χ0n) is 14.7. The van der Waals surface area contributed by atoms with Crippen molar-refractivity contribution in [3.05, 3.63) is 45.3 Å². The third-order valence-corrected chi connectivity index (χ3v) is 5.65. The van der Waals surface area contributed by atoms with E-state index in [1.54, 1.807) is 6.07 Å². The maximum absolute atomic E-state index is 12.0. The monoisotopic (exact) mass is 326 g/mol. The zero-order chi connectivity index (χ0) is 16.7. The fraction of sp³-hybridized carbons (Fsp3) is 0.550. The molecule has 0 amide bonds. The molecule has 2 aromatic rings. The van der Waals surface area contributed by atoms with Gasteiger partial charge in [0.2, 0.25) is 0 Å². The predicted octanol–water partition coefficient (Wildman–Crippen LogP) is 2.81. The SMILES string of the molecule is CN(C)C1CCCN(Cc2cc(=O)oc3cc4c(cc23)CCC4)C1. The molecule has 1 atom stereocenters. The van der Waals surface area contributed by atoms with Crippen molar-refractivity contribution < 1.29 is 4.42 Å². The Morgan fingerprint density at radius 1 is 1.17 bits per heavy atom. The van der Waals surface area contributed by atoms with E-state index in [-0.39, 0.29) is 5.63 Å². The summed E-state index contributed by atoms with van der Waals surface area (Å²) in [6, 6.07) is 6.67. The molecule has 2 heterocycles. The Labute approximate surface area is 143 Å². The van der Waals surface area contributed by atoms with Gasteiger partial charge in [0.1, 0.15) is 5.58 Å². The largest absolute Gasteiger partial charge is 0.423 e. The highest BCUT2D eigenvalue weighted by Gasteiger charge is 2.22. The van der Waals surface area contributed by atoms with Crippen LogP contribution in [0.5, 0.6) is 0 Å². The standard InChI is InChI=1S/C20H26N2O2/c1-21(2)17-7-4-8-22(13-17)12-16-11-20(23)24-19-10-15-6-3-5-14(15)9-18(16)19/h9-11,17H,3-8,12-13H2,1-2H3. The first-order valence-corrected chi connectivity index (χ1v) is 9.07. The van der Waals surface area contributed by atoms with Crippen LogP contribution in [0, 0.1) is 0 Å². The van der Waals surface area contributed by atoms with E-state index in [9.17, 15) is 4.79 Å². The van der Waals surface area contributed by atoms with Crippen molar-refractivity contribution >= 4 is 11.0 Å². The van der Waals surface area contributed by atoms with Crippen molar-refractivity contribution in [2.24, 2.45) is 0 Å².